The number of anilines is 1. The molecule has 0 bridgehead atoms. The van der Waals surface area contributed by atoms with Crippen LogP contribution in [0.3, 0.4) is 0 Å². The highest BCUT2D eigenvalue weighted by atomic mass is 79.9. The van der Waals surface area contributed by atoms with Gasteiger partial charge in [-0.15, -0.1) is 0 Å². The third kappa shape index (κ3) is 1.93. The summed E-state index contributed by atoms with van der Waals surface area (Å²) >= 11 is 3.32. The smallest absolute Gasteiger partial charge is 0.276 e. The second kappa shape index (κ2) is 4.53. The molecule has 4 heteroatoms. The standard InChI is InChI=1S/C14H11BrN2O/c15-11-5-6-12(16-9-11)14(18)17-8-7-10-3-1-2-4-13(10)17/h1-6,9H,7-8H2. The number of pyridine rings is 1. The summed E-state index contributed by atoms with van der Waals surface area (Å²) in [6.45, 7) is 0.732. The Hall–Kier alpha value is -1.68. The molecule has 2 aromatic rings. The highest BCUT2D eigenvalue weighted by molar-refractivity contribution is 9.10. The zero-order chi connectivity index (χ0) is 12.5. The maximum Gasteiger partial charge on any atom is 0.276 e. The Morgan fingerprint density at radius 1 is 1.22 bits per heavy atom. The molecule has 0 aliphatic carbocycles. The Kier molecular flexibility index (Phi) is 2.88. The molecule has 90 valence electrons. The molecule has 0 N–H and O–H groups in total. The van der Waals surface area contributed by atoms with Gasteiger partial charge in [0, 0.05) is 22.9 Å². The number of benzene rings is 1. The largest absolute Gasteiger partial charge is 0.306 e. The number of carbonyl (C=O) groups excluding carboxylic acids is 1. The van der Waals surface area contributed by atoms with E-state index in [0.717, 1.165) is 23.1 Å². The summed E-state index contributed by atoms with van der Waals surface area (Å²) in [7, 11) is 0. The molecular formula is C14H11BrN2O. The molecule has 18 heavy (non-hydrogen) atoms. The van der Waals surface area contributed by atoms with E-state index in [0.29, 0.717) is 5.69 Å². The van der Waals surface area contributed by atoms with Crippen molar-refractivity contribution in [3.63, 3.8) is 0 Å². The predicted octanol–water partition coefficient (Wildman–Crippen LogP) is 3.05. The third-order valence-corrected chi connectivity index (χ3v) is 3.55. The van der Waals surface area contributed by atoms with Gasteiger partial charge in [0.1, 0.15) is 5.69 Å². The van der Waals surface area contributed by atoms with E-state index >= 15 is 0 Å². The van der Waals surface area contributed by atoms with Gasteiger partial charge in [-0.25, -0.2) is 4.98 Å². The maximum absolute atomic E-state index is 12.4. The molecule has 1 aliphatic rings. The van der Waals surface area contributed by atoms with Crippen LogP contribution in [0.15, 0.2) is 47.1 Å². The van der Waals surface area contributed by atoms with E-state index in [9.17, 15) is 4.79 Å². The second-order valence-corrected chi connectivity index (χ2v) is 5.11. The van der Waals surface area contributed by atoms with Gasteiger partial charge in [-0.3, -0.25) is 4.79 Å². The number of carbonyl (C=O) groups is 1. The van der Waals surface area contributed by atoms with Crippen molar-refractivity contribution in [1.82, 2.24) is 4.98 Å². The highest BCUT2D eigenvalue weighted by Gasteiger charge is 2.25. The van der Waals surface area contributed by atoms with Gasteiger partial charge in [-0.2, -0.15) is 0 Å². The third-order valence-electron chi connectivity index (χ3n) is 3.08. The van der Waals surface area contributed by atoms with Crippen molar-refractivity contribution < 1.29 is 4.79 Å². The van der Waals surface area contributed by atoms with E-state index in [-0.39, 0.29) is 5.91 Å². The van der Waals surface area contributed by atoms with Crippen LogP contribution in [0.1, 0.15) is 16.1 Å². The Morgan fingerprint density at radius 3 is 2.83 bits per heavy atom. The zero-order valence-electron chi connectivity index (χ0n) is 9.64. The fourth-order valence-corrected chi connectivity index (χ4v) is 2.42. The average Bonchev–Trinajstić information content (AvgIpc) is 2.82. The number of fused-ring (bicyclic) bond motifs is 1. The predicted molar refractivity (Wildman–Crippen MR) is 73.8 cm³/mol. The van der Waals surface area contributed by atoms with Gasteiger partial charge in [0.05, 0.1) is 0 Å². The molecule has 0 saturated carbocycles. The summed E-state index contributed by atoms with van der Waals surface area (Å²) in [6, 6.07) is 11.6. The van der Waals surface area contributed by atoms with E-state index < -0.39 is 0 Å². The molecule has 1 amide bonds. The number of para-hydroxylation sites is 1. The summed E-state index contributed by atoms with van der Waals surface area (Å²) in [6.07, 6.45) is 2.56. The van der Waals surface area contributed by atoms with Crippen molar-refractivity contribution in [3.05, 3.63) is 58.3 Å². The minimum atomic E-state index is -0.0348. The first-order valence-electron chi connectivity index (χ1n) is 5.77. The van der Waals surface area contributed by atoms with E-state index in [2.05, 4.69) is 27.0 Å². The fourth-order valence-electron chi connectivity index (χ4n) is 2.19. The lowest BCUT2D eigenvalue weighted by Crippen LogP contribution is -2.29. The van der Waals surface area contributed by atoms with Gasteiger partial charge in [0.25, 0.3) is 5.91 Å². The Morgan fingerprint density at radius 2 is 2.06 bits per heavy atom. The topological polar surface area (TPSA) is 33.2 Å². The quantitative estimate of drug-likeness (QED) is 0.811. The molecule has 0 unspecified atom stereocenters. The average molecular weight is 303 g/mol. The minimum Gasteiger partial charge on any atom is -0.306 e. The molecule has 0 atom stereocenters. The number of amides is 1. The van der Waals surface area contributed by atoms with Crippen molar-refractivity contribution in [1.29, 1.82) is 0 Å². The number of hydrogen-bond acceptors (Lipinski definition) is 2. The van der Waals surface area contributed by atoms with Gasteiger partial charge >= 0.3 is 0 Å². The van der Waals surface area contributed by atoms with Crippen LogP contribution in [-0.2, 0) is 6.42 Å². The van der Waals surface area contributed by atoms with Gasteiger partial charge in [0.2, 0.25) is 0 Å². The Balaban J connectivity index is 1.93. The first-order chi connectivity index (χ1) is 8.75. The molecule has 3 rings (SSSR count). The second-order valence-electron chi connectivity index (χ2n) is 4.20. The first-order valence-corrected chi connectivity index (χ1v) is 6.56. The Bertz CT molecular complexity index is 595. The summed E-state index contributed by atoms with van der Waals surface area (Å²) < 4.78 is 0.876. The van der Waals surface area contributed by atoms with Crippen LogP contribution >= 0.6 is 15.9 Å². The van der Waals surface area contributed by atoms with Crippen LogP contribution < -0.4 is 4.90 Å². The van der Waals surface area contributed by atoms with Crippen molar-refractivity contribution in [2.24, 2.45) is 0 Å². The minimum absolute atomic E-state index is 0.0348. The number of aromatic nitrogens is 1. The number of halogens is 1. The number of nitrogens with zero attached hydrogens (tertiary/aromatic N) is 2. The van der Waals surface area contributed by atoms with Crippen molar-refractivity contribution >= 4 is 27.5 Å². The van der Waals surface area contributed by atoms with E-state index in [1.807, 2.05) is 24.3 Å². The molecule has 0 fully saturated rings. The molecule has 2 heterocycles. The van der Waals surface area contributed by atoms with Crippen LogP contribution in [0.5, 0.6) is 0 Å². The monoisotopic (exact) mass is 302 g/mol. The lowest BCUT2D eigenvalue weighted by Gasteiger charge is -2.16. The SMILES string of the molecule is O=C(c1ccc(Br)cn1)N1CCc2ccccc21. The van der Waals surface area contributed by atoms with Gasteiger partial charge in [-0.05, 0) is 46.1 Å². The number of hydrogen-bond donors (Lipinski definition) is 0. The first kappa shape index (κ1) is 11.4. The zero-order valence-corrected chi connectivity index (χ0v) is 11.2. The molecule has 0 saturated heterocycles. The lowest BCUT2D eigenvalue weighted by atomic mass is 10.2. The number of rotatable bonds is 1. The molecule has 1 aromatic heterocycles. The fraction of sp³-hybridized carbons (Fsp3) is 0.143. The Labute approximate surface area is 114 Å². The van der Waals surface area contributed by atoms with Gasteiger partial charge in [0.15, 0.2) is 0 Å². The lowest BCUT2D eigenvalue weighted by molar-refractivity contribution is 0.0984. The molecule has 0 radical (unpaired) electrons. The molecule has 3 nitrogen and oxygen atoms in total. The van der Waals surface area contributed by atoms with Gasteiger partial charge < -0.3 is 4.90 Å². The van der Waals surface area contributed by atoms with Crippen LogP contribution in [-0.4, -0.2) is 17.4 Å². The highest BCUT2D eigenvalue weighted by Crippen LogP contribution is 2.28. The summed E-state index contributed by atoms with van der Waals surface area (Å²) in [4.78, 5) is 18.3. The molecule has 1 aliphatic heterocycles. The maximum atomic E-state index is 12.4. The van der Waals surface area contributed by atoms with Crippen molar-refractivity contribution in [3.8, 4) is 0 Å². The summed E-state index contributed by atoms with van der Waals surface area (Å²) in [5.41, 5.74) is 2.71. The van der Waals surface area contributed by atoms with Crippen molar-refractivity contribution in [2.75, 3.05) is 11.4 Å². The normalized spacial score (nSPS) is 13.5. The van der Waals surface area contributed by atoms with E-state index in [1.54, 1.807) is 17.2 Å². The van der Waals surface area contributed by atoms with Crippen LogP contribution in [0, 0.1) is 0 Å². The molecular weight excluding hydrogens is 292 g/mol. The summed E-state index contributed by atoms with van der Waals surface area (Å²) in [5, 5.41) is 0. The van der Waals surface area contributed by atoms with E-state index in [1.165, 1.54) is 5.56 Å². The summed E-state index contributed by atoms with van der Waals surface area (Å²) in [5.74, 6) is -0.0348. The van der Waals surface area contributed by atoms with Gasteiger partial charge in [-0.1, -0.05) is 18.2 Å². The van der Waals surface area contributed by atoms with Crippen LogP contribution in [0.2, 0.25) is 0 Å². The van der Waals surface area contributed by atoms with E-state index in [4.69, 9.17) is 0 Å². The molecule has 1 aromatic carbocycles. The van der Waals surface area contributed by atoms with Crippen LogP contribution in [0.25, 0.3) is 0 Å². The van der Waals surface area contributed by atoms with Crippen molar-refractivity contribution in [2.45, 2.75) is 6.42 Å². The molecule has 0 spiro atoms. The van der Waals surface area contributed by atoms with Crippen LogP contribution in [0.4, 0.5) is 5.69 Å².